The summed E-state index contributed by atoms with van der Waals surface area (Å²) < 4.78 is 16.5. The van der Waals surface area contributed by atoms with Crippen LogP contribution in [0.15, 0.2) is 78.9 Å². The van der Waals surface area contributed by atoms with Crippen LogP contribution in [-0.4, -0.2) is 24.6 Å². The number of benzene rings is 3. The van der Waals surface area contributed by atoms with Gasteiger partial charge >= 0.3 is 5.97 Å². The molecule has 0 saturated heterocycles. The number of esters is 1. The van der Waals surface area contributed by atoms with E-state index >= 15 is 0 Å². The molecule has 0 spiro atoms. The van der Waals surface area contributed by atoms with Crippen LogP contribution in [0.2, 0.25) is 0 Å². The highest BCUT2D eigenvalue weighted by molar-refractivity contribution is 6.05. The first-order valence-corrected chi connectivity index (χ1v) is 10.1. The Morgan fingerprint density at radius 3 is 2.29 bits per heavy atom. The standard InChI is InChI=1S/C25H25NO5/c1-3-29-23-12-8-7-11-22(23)26-24(27)20-13-15-21(16-14-20)31-18(2)25(28)30-17-19-9-5-4-6-10-19/h4-16,18H,3,17H2,1-2H3,(H,26,27)/t18-/m1/s1. The minimum absolute atomic E-state index is 0.190. The average molecular weight is 419 g/mol. The summed E-state index contributed by atoms with van der Waals surface area (Å²) >= 11 is 0. The lowest BCUT2D eigenvalue weighted by molar-refractivity contribution is -0.152. The first kappa shape index (κ1) is 21.9. The molecule has 3 rings (SSSR count). The monoisotopic (exact) mass is 419 g/mol. The number of ether oxygens (including phenoxy) is 3. The highest BCUT2D eigenvalue weighted by Crippen LogP contribution is 2.24. The molecule has 0 aromatic heterocycles. The van der Waals surface area contributed by atoms with E-state index in [1.54, 1.807) is 43.3 Å². The number of rotatable bonds is 9. The quantitative estimate of drug-likeness (QED) is 0.502. The summed E-state index contributed by atoms with van der Waals surface area (Å²) in [4.78, 5) is 24.7. The molecule has 1 amide bonds. The van der Waals surface area contributed by atoms with E-state index in [9.17, 15) is 9.59 Å². The average Bonchev–Trinajstić information content (AvgIpc) is 2.80. The molecule has 1 N–H and O–H groups in total. The molecule has 0 heterocycles. The molecule has 3 aromatic carbocycles. The van der Waals surface area contributed by atoms with Crippen molar-refractivity contribution in [3.05, 3.63) is 90.0 Å². The Balaban J connectivity index is 1.54. The number of nitrogens with one attached hydrogen (secondary N) is 1. The van der Waals surface area contributed by atoms with E-state index in [0.29, 0.717) is 29.4 Å². The zero-order chi connectivity index (χ0) is 22.1. The van der Waals surface area contributed by atoms with E-state index in [1.807, 2.05) is 49.4 Å². The maximum Gasteiger partial charge on any atom is 0.347 e. The van der Waals surface area contributed by atoms with Gasteiger partial charge in [0.05, 0.1) is 12.3 Å². The highest BCUT2D eigenvalue weighted by atomic mass is 16.6. The molecule has 0 fully saturated rings. The van der Waals surface area contributed by atoms with Gasteiger partial charge in [0.15, 0.2) is 6.10 Å². The van der Waals surface area contributed by atoms with Crippen molar-refractivity contribution in [1.82, 2.24) is 0 Å². The molecular formula is C25H25NO5. The summed E-state index contributed by atoms with van der Waals surface area (Å²) in [6, 6.07) is 23.3. The minimum atomic E-state index is -0.776. The number of carbonyl (C=O) groups excluding carboxylic acids is 2. The van der Waals surface area contributed by atoms with Crippen LogP contribution in [-0.2, 0) is 16.1 Å². The zero-order valence-electron chi connectivity index (χ0n) is 17.5. The molecule has 3 aromatic rings. The lowest BCUT2D eigenvalue weighted by atomic mass is 10.2. The summed E-state index contributed by atoms with van der Waals surface area (Å²) in [6.45, 7) is 4.20. The lowest BCUT2D eigenvalue weighted by Gasteiger charge is -2.15. The maximum atomic E-state index is 12.6. The van der Waals surface area contributed by atoms with Crippen molar-refractivity contribution in [2.75, 3.05) is 11.9 Å². The van der Waals surface area contributed by atoms with Crippen molar-refractivity contribution in [2.45, 2.75) is 26.6 Å². The number of hydrogen-bond donors (Lipinski definition) is 1. The number of para-hydroxylation sites is 2. The fourth-order valence-corrected chi connectivity index (χ4v) is 2.83. The second-order valence-electron chi connectivity index (χ2n) is 6.76. The molecule has 0 radical (unpaired) electrons. The van der Waals surface area contributed by atoms with Crippen LogP contribution in [0.25, 0.3) is 0 Å². The van der Waals surface area contributed by atoms with Gasteiger partial charge in [-0.3, -0.25) is 4.79 Å². The molecule has 0 aliphatic rings. The van der Waals surface area contributed by atoms with Gasteiger partial charge in [0.2, 0.25) is 0 Å². The Morgan fingerprint density at radius 2 is 1.58 bits per heavy atom. The van der Waals surface area contributed by atoms with E-state index in [4.69, 9.17) is 14.2 Å². The Labute approximate surface area is 181 Å². The minimum Gasteiger partial charge on any atom is -0.492 e. The largest absolute Gasteiger partial charge is 0.492 e. The summed E-state index contributed by atoms with van der Waals surface area (Å²) in [5.74, 6) is 0.351. The van der Waals surface area contributed by atoms with Crippen LogP contribution < -0.4 is 14.8 Å². The SMILES string of the molecule is CCOc1ccccc1NC(=O)c1ccc(O[C@H](C)C(=O)OCc2ccccc2)cc1. The van der Waals surface area contributed by atoms with Gasteiger partial charge in [0, 0.05) is 5.56 Å². The number of hydrogen-bond acceptors (Lipinski definition) is 5. The Bertz CT molecular complexity index is 1000. The molecule has 0 unspecified atom stereocenters. The molecule has 31 heavy (non-hydrogen) atoms. The van der Waals surface area contributed by atoms with Gasteiger partial charge in [-0.25, -0.2) is 4.79 Å². The first-order valence-electron chi connectivity index (χ1n) is 10.1. The normalized spacial score (nSPS) is 11.3. The fourth-order valence-electron chi connectivity index (χ4n) is 2.83. The Morgan fingerprint density at radius 1 is 0.903 bits per heavy atom. The van der Waals surface area contributed by atoms with Gasteiger partial charge in [-0.15, -0.1) is 0 Å². The van der Waals surface area contributed by atoms with Gasteiger partial charge in [-0.2, -0.15) is 0 Å². The molecule has 0 bridgehead atoms. The van der Waals surface area contributed by atoms with Crippen LogP contribution in [0.4, 0.5) is 5.69 Å². The van der Waals surface area contributed by atoms with Gasteiger partial charge in [-0.1, -0.05) is 42.5 Å². The van der Waals surface area contributed by atoms with Crippen molar-refractivity contribution >= 4 is 17.6 Å². The van der Waals surface area contributed by atoms with E-state index < -0.39 is 12.1 Å². The number of amides is 1. The van der Waals surface area contributed by atoms with Gasteiger partial charge in [0.1, 0.15) is 18.1 Å². The van der Waals surface area contributed by atoms with Crippen LogP contribution in [0, 0.1) is 0 Å². The van der Waals surface area contributed by atoms with E-state index in [0.717, 1.165) is 5.56 Å². The van der Waals surface area contributed by atoms with Crippen molar-refractivity contribution < 1.29 is 23.8 Å². The number of anilines is 1. The van der Waals surface area contributed by atoms with Crippen LogP contribution in [0.5, 0.6) is 11.5 Å². The van der Waals surface area contributed by atoms with Crippen molar-refractivity contribution in [3.8, 4) is 11.5 Å². The summed E-state index contributed by atoms with van der Waals surface area (Å²) in [5.41, 5.74) is 1.96. The predicted molar refractivity (Wildman–Crippen MR) is 118 cm³/mol. The first-order chi connectivity index (χ1) is 15.1. The Kier molecular flexibility index (Phi) is 7.65. The summed E-state index contributed by atoms with van der Waals surface area (Å²) in [7, 11) is 0. The molecule has 6 heteroatoms. The van der Waals surface area contributed by atoms with E-state index in [-0.39, 0.29) is 12.5 Å². The molecule has 0 aliphatic heterocycles. The van der Waals surface area contributed by atoms with Crippen LogP contribution in [0.3, 0.4) is 0 Å². The van der Waals surface area contributed by atoms with Crippen molar-refractivity contribution in [1.29, 1.82) is 0 Å². The zero-order valence-corrected chi connectivity index (χ0v) is 17.5. The number of carbonyl (C=O) groups is 2. The maximum absolute atomic E-state index is 12.6. The van der Waals surface area contributed by atoms with Crippen molar-refractivity contribution in [3.63, 3.8) is 0 Å². The third-order valence-electron chi connectivity index (χ3n) is 4.42. The van der Waals surface area contributed by atoms with Crippen LogP contribution in [0.1, 0.15) is 29.8 Å². The predicted octanol–water partition coefficient (Wildman–Crippen LogP) is 4.85. The van der Waals surface area contributed by atoms with E-state index in [2.05, 4.69) is 5.32 Å². The molecule has 0 saturated carbocycles. The fraction of sp³-hybridized carbons (Fsp3) is 0.200. The van der Waals surface area contributed by atoms with Gasteiger partial charge in [0.25, 0.3) is 5.91 Å². The summed E-state index contributed by atoms with van der Waals surface area (Å²) in [6.07, 6.45) is -0.776. The van der Waals surface area contributed by atoms with Crippen LogP contribution >= 0.6 is 0 Å². The lowest BCUT2D eigenvalue weighted by Crippen LogP contribution is -2.26. The second-order valence-corrected chi connectivity index (χ2v) is 6.76. The second kappa shape index (κ2) is 10.8. The Hall–Kier alpha value is -3.80. The van der Waals surface area contributed by atoms with Gasteiger partial charge in [-0.05, 0) is 55.8 Å². The molecule has 0 aliphatic carbocycles. The summed E-state index contributed by atoms with van der Waals surface area (Å²) in [5, 5.41) is 2.84. The molecule has 1 atom stereocenters. The topological polar surface area (TPSA) is 73.9 Å². The van der Waals surface area contributed by atoms with Gasteiger partial charge < -0.3 is 19.5 Å². The molecule has 160 valence electrons. The molecule has 6 nitrogen and oxygen atoms in total. The smallest absolute Gasteiger partial charge is 0.347 e. The van der Waals surface area contributed by atoms with E-state index in [1.165, 1.54) is 0 Å². The third kappa shape index (κ3) is 6.34. The third-order valence-corrected chi connectivity index (χ3v) is 4.42. The molecular weight excluding hydrogens is 394 g/mol. The highest BCUT2D eigenvalue weighted by Gasteiger charge is 2.17. The van der Waals surface area contributed by atoms with Crippen molar-refractivity contribution in [2.24, 2.45) is 0 Å².